The number of nitrogens with two attached hydrogens (primary N) is 1. The third-order valence-electron chi connectivity index (χ3n) is 1.33. The van der Waals surface area contributed by atoms with Crippen molar-refractivity contribution in [2.24, 2.45) is 0 Å². The second-order valence-corrected chi connectivity index (χ2v) is 2.78. The molecule has 0 saturated heterocycles. The Morgan fingerprint density at radius 2 is 2.47 bits per heavy atom. The van der Waals surface area contributed by atoms with Gasteiger partial charge in [0.2, 0.25) is 0 Å². The van der Waals surface area contributed by atoms with E-state index in [-0.39, 0.29) is 23.3 Å². The van der Waals surface area contributed by atoms with Crippen molar-refractivity contribution in [3.8, 4) is 11.8 Å². The van der Waals surface area contributed by atoms with Crippen molar-refractivity contribution in [2.75, 3.05) is 12.3 Å². The van der Waals surface area contributed by atoms with Gasteiger partial charge in [-0.3, -0.25) is 0 Å². The van der Waals surface area contributed by atoms with Gasteiger partial charge in [-0.05, 0) is 12.8 Å². The number of aromatic nitrogens is 2. The maximum atomic E-state index is 10.9. The number of rotatable bonds is 1. The smallest absolute Gasteiger partial charge is 0.384 e. The minimum atomic E-state index is -0.640. The zero-order chi connectivity index (χ0) is 11.3. The Labute approximate surface area is 91.6 Å². The fourth-order valence-electron chi connectivity index (χ4n) is 0.746. The van der Waals surface area contributed by atoms with Crippen LogP contribution in [0.5, 0.6) is 0 Å². The number of carbonyl (C=O) groups excluding carboxylic acids is 1. The van der Waals surface area contributed by atoms with Gasteiger partial charge in [0, 0.05) is 5.92 Å². The molecule has 6 heteroatoms. The van der Waals surface area contributed by atoms with Gasteiger partial charge in [0.25, 0.3) is 0 Å². The average Bonchev–Trinajstić information content (AvgIpc) is 2.20. The van der Waals surface area contributed by atoms with Crippen LogP contribution in [-0.2, 0) is 9.53 Å². The van der Waals surface area contributed by atoms with Gasteiger partial charge < -0.3 is 10.5 Å². The fourth-order valence-corrected chi connectivity index (χ4v) is 0.880. The number of anilines is 1. The molecule has 0 aliphatic rings. The Balaban J connectivity index is 2.88. The number of nitrogens with zero attached hydrogens (tertiary/aromatic N) is 2. The summed E-state index contributed by atoms with van der Waals surface area (Å²) in [6.45, 7) is 1.96. The Morgan fingerprint density at radius 3 is 3.13 bits per heavy atom. The molecule has 0 aromatic carbocycles. The quantitative estimate of drug-likeness (QED) is 0.560. The molecule has 0 amide bonds. The lowest BCUT2D eigenvalue weighted by Crippen LogP contribution is -2.01. The molecule has 0 spiro atoms. The van der Waals surface area contributed by atoms with Crippen LogP contribution in [-0.4, -0.2) is 22.5 Å². The fraction of sp³-hybridized carbons (Fsp3) is 0.222. The number of hydrogen-bond donors (Lipinski definition) is 1. The Morgan fingerprint density at radius 1 is 1.73 bits per heavy atom. The Hall–Kier alpha value is -1.80. The van der Waals surface area contributed by atoms with Crippen molar-refractivity contribution in [2.45, 2.75) is 6.92 Å². The van der Waals surface area contributed by atoms with Gasteiger partial charge in [-0.15, -0.1) is 0 Å². The zero-order valence-electron chi connectivity index (χ0n) is 7.95. The SMILES string of the molecule is CCOC(=O)C#Cc1nc(Cl)cnc1N. The number of carbonyl (C=O) groups is 1. The van der Waals surface area contributed by atoms with Crippen LogP contribution in [0.25, 0.3) is 0 Å². The lowest BCUT2D eigenvalue weighted by Gasteiger charge is -1.95. The van der Waals surface area contributed by atoms with Crippen LogP contribution in [0.15, 0.2) is 6.20 Å². The van der Waals surface area contributed by atoms with E-state index in [0.717, 1.165) is 0 Å². The molecular formula is C9H8ClN3O2. The first-order valence-corrected chi connectivity index (χ1v) is 4.48. The highest BCUT2D eigenvalue weighted by Crippen LogP contribution is 2.07. The van der Waals surface area contributed by atoms with Crippen LogP contribution in [0.4, 0.5) is 5.82 Å². The maximum absolute atomic E-state index is 10.9. The van der Waals surface area contributed by atoms with Gasteiger partial charge in [0.15, 0.2) is 11.5 Å². The summed E-state index contributed by atoms with van der Waals surface area (Å²) in [5.41, 5.74) is 5.63. The lowest BCUT2D eigenvalue weighted by molar-refractivity contribution is -0.136. The van der Waals surface area contributed by atoms with E-state index < -0.39 is 5.97 Å². The molecule has 1 aromatic heterocycles. The largest absolute Gasteiger partial charge is 0.456 e. The predicted octanol–water partition coefficient (Wildman–Crippen LogP) is 0.627. The summed E-state index contributed by atoms with van der Waals surface area (Å²) >= 11 is 5.58. The number of hydrogen-bond acceptors (Lipinski definition) is 5. The van der Waals surface area contributed by atoms with Crippen molar-refractivity contribution < 1.29 is 9.53 Å². The molecule has 0 aliphatic heterocycles. The third-order valence-corrected chi connectivity index (χ3v) is 1.51. The van der Waals surface area contributed by atoms with Gasteiger partial charge in [0.1, 0.15) is 5.15 Å². The van der Waals surface area contributed by atoms with E-state index in [4.69, 9.17) is 17.3 Å². The van der Waals surface area contributed by atoms with Crippen molar-refractivity contribution in [1.82, 2.24) is 9.97 Å². The normalized spacial score (nSPS) is 8.93. The third kappa shape index (κ3) is 3.44. The average molecular weight is 226 g/mol. The molecule has 1 rings (SSSR count). The van der Waals surface area contributed by atoms with Crippen molar-refractivity contribution >= 4 is 23.4 Å². The molecule has 1 heterocycles. The van der Waals surface area contributed by atoms with Gasteiger partial charge in [0.05, 0.1) is 12.8 Å². The molecule has 0 saturated carbocycles. The van der Waals surface area contributed by atoms with Crippen LogP contribution < -0.4 is 5.73 Å². The predicted molar refractivity (Wildman–Crippen MR) is 55.0 cm³/mol. The van der Waals surface area contributed by atoms with E-state index in [1.165, 1.54) is 6.20 Å². The van der Waals surface area contributed by atoms with Crippen molar-refractivity contribution in [1.29, 1.82) is 0 Å². The molecule has 5 nitrogen and oxygen atoms in total. The first-order chi connectivity index (χ1) is 7.13. The first-order valence-electron chi connectivity index (χ1n) is 4.10. The summed E-state index contributed by atoms with van der Waals surface area (Å²) in [6, 6.07) is 0. The molecule has 0 atom stereocenters. The molecule has 78 valence electrons. The summed E-state index contributed by atoms with van der Waals surface area (Å²) in [7, 11) is 0. The molecule has 1 aromatic rings. The number of esters is 1. The molecule has 0 aliphatic carbocycles. The molecule has 0 fully saturated rings. The lowest BCUT2D eigenvalue weighted by atomic mass is 10.4. The Bertz CT molecular complexity index is 437. The number of ether oxygens (including phenoxy) is 1. The summed E-state index contributed by atoms with van der Waals surface area (Å²) < 4.78 is 4.60. The minimum absolute atomic E-state index is 0.121. The first kappa shape index (κ1) is 11.3. The van der Waals surface area contributed by atoms with Gasteiger partial charge >= 0.3 is 5.97 Å². The van der Waals surface area contributed by atoms with Crippen molar-refractivity contribution in [3.05, 3.63) is 17.0 Å². The molecule has 0 radical (unpaired) electrons. The van der Waals surface area contributed by atoms with Gasteiger partial charge in [-0.2, -0.15) is 0 Å². The summed E-state index contributed by atoms with van der Waals surface area (Å²) in [4.78, 5) is 18.4. The van der Waals surface area contributed by atoms with E-state index >= 15 is 0 Å². The van der Waals surface area contributed by atoms with Crippen LogP contribution in [0.3, 0.4) is 0 Å². The van der Waals surface area contributed by atoms with Gasteiger partial charge in [-0.25, -0.2) is 14.8 Å². The second-order valence-electron chi connectivity index (χ2n) is 2.40. The van der Waals surface area contributed by atoms with E-state index in [0.29, 0.717) is 0 Å². The summed E-state index contributed by atoms with van der Waals surface area (Å²) in [5.74, 6) is 4.13. The van der Waals surface area contributed by atoms with Crippen LogP contribution in [0.2, 0.25) is 5.15 Å². The second kappa shape index (κ2) is 5.17. The summed E-state index contributed by atoms with van der Waals surface area (Å²) in [6.07, 6.45) is 1.30. The van der Waals surface area contributed by atoms with E-state index in [2.05, 4.69) is 26.5 Å². The van der Waals surface area contributed by atoms with Crippen LogP contribution in [0.1, 0.15) is 12.6 Å². The Kier molecular flexibility index (Phi) is 3.89. The molecule has 0 bridgehead atoms. The van der Waals surface area contributed by atoms with Crippen LogP contribution in [0, 0.1) is 11.8 Å². The highest BCUT2D eigenvalue weighted by atomic mass is 35.5. The highest BCUT2D eigenvalue weighted by Gasteiger charge is 2.00. The number of halogens is 1. The molecule has 0 unspecified atom stereocenters. The van der Waals surface area contributed by atoms with Crippen LogP contribution >= 0.6 is 11.6 Å². The standard InChI is InChI=1S/C9H8ClN3O2/c1-2-15-8(14)4-3-6-9(11)12-5-7(10)13-6/h5H,2H2,1H3,(H2,11,12). The highest BCUT2D eigenvalue weighted by molar-refractivity contribution is 6.29. The summed E-state index contributed by atoms with van der Waals surface area (Å²) in [5, 5.41) is 0.164. The van der Waals surface area contributed by atoms with E-state index in [1.807, 2.05) is 0 Å². The number of nitrogen functional groups attached to an aromatic ring is 1. The van der Waals surface area contributed by atoms with Crippen molar-refractivity contribution in [3.63, 3.8) is 0 Å². The zero-order valence-corrected chi connectivity index (χ0v) is 8.71. The molecular weight excluding hydrogens is 218 g/mol. The monoisotopic (exact) mass is 225 g/mol. The molecule has 15 heavy (non-hydrogen) atoms. The van der Waals surface area contributed by atoms with E-state index in [9.17, 15) is 4.79 Å². The van der Waals surface area contributed by atoms with Gasteiger partial charge in [-0.1, -0.05) is 11.6 Å². The van der Waals surface area contributed by atoms with E-state index in [1.54, 1.807) is 6.92 Å². The topological polar surface area (TPSA) is 78.1 Å². The maximum Gasteiger partial charge on any atom is 0.384 e. The minimum Gasteiger partial charge on any atom is -0.456 e. The molecule has 2 N–H and O–H groups in total.